The summed E-state index contributed by atoms with van der Waals surface area (Å²) in [5, 5.41) is 4.16. The third-order valence-electron chi connectivity index (χ3n) is 2.69. The van der Waals surface area contributed by atoms with Crippen molar-refractivity contribution in [3.8, 4) is 0 Å². The zero-order valence-corrected chi connectivity index (χ0v) is 11.1. The second-order valence-corrected chi connectivity index (χ2v) is 4.60. The molecule has 3 heteroatoms. The van der Waals surface area contributed by atoms with E-state index < -0.39 is 0 Å². The molecule has 0 unspecified atom stereocenters. The van der Waals surface area contributed by atoms with Gasteiger partial charge in [-0.05, 0) is 38.6 Å². The minimum atomic E-state index is 0.603. The summed E-state index contributed by atoms with van der Waals surface area (Å²) in [7, 11) is 0. The first-order valence-electron chi connectivity index (χ1n) is 5.87. The molecule has 0 amide bonds. The maximum atomic E-state index is 5.91. The Bertz CT molecular complexity index is 313. The molecule has 1 rings (SSSR count). The van der Waals surface area contributed by atoms with Crippen molar-refractivity contribution >= 4 is 17.3 Å². The second kappa shape index (κ2) is 6.77. The predicted molar refractivity (Wildman–Crippen MR) is 72.3 cm³/mol. The van der Waals surface area contributed by atoms with Crippen LogP contribution in [-0.2, 0) is 0 Å². The standard InChI is InChI=1S/C13H21ClN2/c1-4-16(11(2)3)9-8-15-13-7-5-6-12(14)10-13/h5-7,10-11,15H,4,8-9H2,1-3H3. The van der Waals surface area contributed by atoms with Gasteiger partial charge in [0, 0.05) is 29.8 Å². The van der Waals surface area contributed by atoms with Gasteiger partial charge in [0.2, 0.25) is 0 Å². The van der Waals surface area contributed by atoms with Crippen LogP contribution >= 0.6 is 11.6 Å². The van der Waals surface area contributed by atoms with Crippen LogP contribution in [0.1, 0.15) is 20.8 Å². The highest BCUT2D eigenvalue weighted by Crippen LogP contribution is 2.14. The molecule has 0 fully saturated rings. The molecule has 0 spiro atoms. The SMILES string of the molecule is CCN(CCNc1cccc(Cl)c1)C(C)C. The van der Waals surface area contributed by atoms with Gasteiger partial charge in [-0.25, -0.2) is 0 Å². The van der Waals surface area contributed by atoms with Gasteiger partial charge in [-0.2, -0.15) is 0 Å². The summed E-state index contributed by atoms with van der Waals surface area (Å²) in [4.78, 5) is 2.43. The Morgan fingerprint density at radius 1 is 1.38 bits per heavy atom. The molecule has 0 atom stereocenters. The van der Waals surface area contributed by atoms with Crippen LogP contribution in [0.25, 0.3) is 0 Å². The molecule has 2 nitrogen and oxygen atoms in total. The van der Waals surface area contributed by atoms with Crippen molar-refractivity contribution in [2.75, 3.05) is 25.0 Å². The number of benzene rings is 1. The number of rotatable bonds is 6. The summed E-state index contributed by atoms with van der Waals surface area (Å²) in [6, 6.07) is 8.44. The molecule has 0 aromatic heterocycles. The van der Waals surface area contributed by atoms with E-state index in [4.69, 9.17) is 11.6 Å². The molecule has 16 heavy (non-hydrogen) atoms. The quantitative estimate of drug-likeness (QED) is 0.819. The van der Waals surface area contributed by atoms with Crippen molar-refractivity contribution in [3.05, 3.63) is 29.3 Å². The van der Waals surface area contributed by atoms with Gasteiger partial charge in [0.1, 0.15) is 0 Å². The normalized spacial score (nSPS) is 11.1. The minimum absolute atomic E-state index is 0.603. The lowest BCUT2D eigenvalue weighted by Gasteiger charge is -2.24. The van der Waals surface area contributed by atoms with Crippen LogP contribution < -0.4 is 5.32 Å². The number of nitrogens with one attached hydrogen (secondary N) is 1. The van der Waals surface area contributed by atoms with Gasteiger partial charge in [0.15, 0.2) is 0 Å². The maximum absolute atomic E-state index is 5.91. The molecule has 0 saturated heterocycles. The highest BCUT2D eigenvalue weighted by atomic mass is 35.5. The van der Waals surface area contributed by atoms with Crippen LogP contribution in [0.3, 0.4) is 0 Å². The summed E-state index contributed by atoms with van der Waals surface area (Å²) >= 11 is 5.91. The van der Waals surface area contributed by atoms with Crippen molar-refractivity contribution in [3.63, 3.8) is 0 Å². The Kier molecular flexibility index (Phi) is 5.64. The summed E-state index contributed by atoms with van der Waals surface area (Å²) in [5.74, 6) is 0. The Morgan fingerprint density at radius 3 is 2.69 bits per heavy atom. The summed E-state index contributed by atoms with van der Waals surface area (Å²) in [5.41, 5.74) is 1.09. The Balaban J connectivity index is 2.35. The third kappa shape index (κ3) is 4.42. The van der Waals surface area contributed by atoms with Gasteiger partial charge < -0.3 is 5.32 Å². The molecule has 1 aromatic rings. The van der Waals surface area contributed by atoms with Gasteiger partial charge in [-0.3, -0.25) is 4.90 Å². The number of hydrogen-bond acceptors (Lipinski definition) is 2. The van der Waals surface area contributed by atoms with Gasteiger partial charge in [0.05, 0.1) is 0 Å². The van der Waals surface area contributed by atoms with Gasteiger partial charge in [0.25, 0.3) is 0 Å². The van der Waals surface area contributed by atoms with E-state index in [2.05, 4.69) is 31.0 Å². The smallest absolute Gasteiger partial charge is 0.0426 e. The van der Waals surface area contributed by atoms with Crippen LogP contribution in [0.2, 0.25) is 5.02 Å². The van der Waals surface area contributed by atoms with Crippen LogP contribution in [0.15, 0.2) is 24.3 Å². The topological polar surface area (TPSA) is 15.3 Å². The first-order chi connectivity index (χ1) is 7.63. The Hall–Kier alpha value is -0.730. The lowest BCUT2D eigenvalue weighted by Crippen LogP contribution is -2.34. The lowest BCUT2D eigenvalue weighted by atomic mass is 10.3. The van der Waals surface area contributed by atoms with Crippen molar-refractivity contribution < 1.29 is 0 Å². The number of anilines is 1. The molecule has 0 aliphatic rings. The zero-order valence-electron chi connectivity index (χ0n) is 10.3. The summed E-state index contributed by atoms with van der Waals surface area (Å²) in [6.07, 6.45) is 0. The van der Waals surface area contributed by atoms with Crippen LogP contribution in [0.4, 0.5) is 5.69 Å². The van der Waals surface area contributed by atoms with E-state index >= 15 is 0 Å². The molecular weight excluding hydrogens is 220 g/mol. The second-order valence-electron chi connectivity index (χ2n) is 4.16. The van der Waals surface area contributed by atoms with E-state index in [1.165, 1.54) is 0 Å². The van der Waals surface area contributed by atoms with E-state index in [0.29, 0.717) is 6.04 Å². The molecule has 0 bridgehead atoms. The molecule has 0 aliphatic heterocycles. The zero-order chi connectivity index (χ0) is 12.0. The molecule has 1 N–H and O–H groups in total. The number of halogens is 1. The third-order valence-corrected chi connectivity index (χ3v) is 2.92. The van der Waals surface area contributed by atoms with Crippen molar-refractivity contribution in [1.82, 2.24) is 4.90 Å². The fourth-order valence-electron chi connectivity index (χ4n) is 1.72. The molecule has 90 valence electrons. The molecule has 0 heterocycles. The van der Waals surface area contributed by atoms with E-state index in [1.807, 2.05) is 24.3 Å². The van der Waals surface area contributed by atoms with E-state index in [1.54, 1.807) is 0 Å². The Morgan fingerprint density at radius 2 is 2.12 bits per heavy atom. The Labute approximate surface area is 104 Å². The molecule has 0 saturated carbocycles. The van der Waals surface area contributed by atoms with Crippen LogP contribution in [0.5, 0.6) is 0 Å². The van der Waals surface area contributed by atoms with Gasteiger partial charge >= 0.3 is 0 Å². The fourth-order valence-corrected chi connectivity index (χ4v) is 1.91. The van der Waals surface area contributed by atoms with Crippen molar-refractivity contribution in [1.29, 1.82) is 0 Å². The van der Waals surface area contributed by atoms with Crippen LogP contribution in [-0.4, -0.2) is 30.6 Å². The number of hydrogen-bond donors (Lipinski definition) is 1. The molecular formula is C13H21ClN2. The summed E-state index contributed by atoms with van der Waals surface area (Å²) < 4.78 is 0. The van der Waals surface area contributed by atoms with Crippen molar-refractivity contribution in [2.45, 2.75) is 26.8 Å². The van der Waals surface area contributed by atoms with Crippen molar-refractivity contribution in [2.24, 2.45) is 0 Å². The highest BCUT2D eigenvalue weighted by Gasteiger charge is 2.05. The first kappa shape index (κ1) is 13.3. The maximum Gasteiger partial charge on any atom is 0.0426 e. The predicted octanol–water partition coefficient (Wildman–Crippen LogP) is 3.48. The molecule has 1 aromatic carbocycles. The average molecular weight is 241 g/mol. The largest absolute Gasteiger partial charge is 0.384 e. The highest BCUT2D eigenvalue weighted by molar-refractivity contribution is 6.30. The molecule has 0 radical (unpaired) electrons. The number of likely N-dealkylation sites (N-methyl/N-ethyl adjacent to an activating group) is 1. The fraction of sp³-hybridized carbons (Fsp3) is 0.538. The summed E-state index contributed by atoms with van der Waals surface area (Å²) in [6.45, 7) is 9.74. The van der Waals surface area contributed by atoms with Gasteiger partial charge in [-0.1, -0.05) is 24.6 Å². The van der Waals surface area contributed by atoms with Crippen LogP contribution in [0, 0.1) is 0 Å². The lowest BCUT2D eigenvalue weighted by molar-refractivity contribution is 0.243. The van der Waals surface area contributed by atoms with E-state index in [0.717, 1.165) is 30.3 Å². The van der Waals surface area contributed by atoms with Gasteiger partial charge in [-0.15, -0.1) is 0 Å². The first-order valence-corrected chi connectivity index (χ1v) is 6.24. The number of nitrogens with zero attached hydrogens (tertiary/aromatic N) is 1. The minimum Gasteiger partial charge on any atom is -0.384 e. The molecule has 0 aliphatic carbocycles. The monoisotopic (exact) mass is 240 g/mol. The van der Waals surface area contributed by atoms with E-state index in [-0.39, 0.29) is 0 Å². The average Bonchev–Trinajstić information content (AvgIpc) is 2.24. The van der Waals surface area contributed by atoms with E-state index in [9.17, 15) is 0 Å².